The Bertz CT molecular complexity index is 530. The van der Waals surface area contributed by atoms with Gasteiger partial charge in [0.2, 0.25) is 10.0 Å². The Morgan fingerprint density at radius 1 is 1.35 bits per heavy atom. The molecule has 1 aromatic rings. The zero-order valence-corrected chi connectivity index (χ0v) is 12.8. The molecule has 0 aliphatic heterocycles. The van der Waals surface area contributed by atoms with Crippen molar-refractivity contribution >= 4 is 10.0 Å². The van der Waals surface area contributed by atoms with Gasteiger partial charge in [0, 0.05) is 26.3 Å². The summed E-state index contributed by atoms with van der Waals surface area (Å²) in [5, 5.41) is 9.31. The standard InChI is InChI=1S/C13H21NO5S/c1-4-19-13-6-5-12(9-11(13)10-15)20(16,17)14(2)7-8-18-3/h5-6,9,15H,4,7-8,10H2,1-3H3. The lowest BCUT2D eigenvalue weighted by molar-refractivity contribution is 0.185. The van der Waals surface area contributed by atoms with E-state index in [4.69, 9.17) is 9.47 Å². The number of rotatable bonds is 8. The van der Waals surface area contributed by atoms with E-state index in [-0.39, 0.29) is 18.0 Å². The summed E-state index contributed by atoms with van der Waals surface area (Å²) in [6.45, 7) is 2.58. The Kier molecular flexibility index (Phi) is 6.41. The monoisotopic (exact) mass is 303 g/mol. The third kappa shape index (κ3) is 3.92. The van der Waals surface area contributed by atoms with Crippen LogP contribution in [0.2, 0.25) is 0 Å². The summed E-state index contributed by atoms with van der Waals surface area (Å²) < 4.78 is 36.1. The van der Waals surface area contributed by atoms with Gasteiger partial charge < -0.3 is 14.6 Å². The number of benzene rings is 1. The van der Waals surface area contributed by atoms with Gasteiger partial charge in [-0.3, -0.25) is 0 Å². The highest BCUT2D eigenvalue weighted by molar-refractivity contribution is 7.89. The van der Waals surface area contributed by atoms with Gasteiger partial charge in [0.1, 0.15) is 5.75 Å². The van der Waals surface area contributed by atoms with Crippen molar-refractivity contribution in [2.24, 2.45) is 0 Å². The molecule has 0 saturated carbocycles. The van der Waals surface area contributed by atoms with E-state index in [0.717, 1.165) is 0 Å². The van der Waals surface area contributed by atoms with Crippen LogP contribution < -0.4 is 4.74 Å². The maximum Gasteiger partial charge on any atom is 0.242 e. The summed E-state index contributed by atoms with van der Waals surface area (Å²) in [7, 11) is -0.584. The molecule has 20 heavy (non-hydrogen) atoms. The summed E-state index contributed by atoms with van der Waals surface area (Å²) in [5.74, 6) is 0.494. The highest BCUT2D eigenvalue weighted by Gasteiger charge is 2.21. The van der Waals surface area contributed by atoms with Gasteiger partial charge in [0.15, 0.2) is 0 Å². The molecule has 0 aliphatic carbocycles. The quantitative estimate of drug-likeness (QED) is 0.770. The summed E-state index contributed by atoms with van der Waals surface area (Å²) >= 11 is 0. The van der Waals surface area contributed by atoms with Crippen molar-refractivity contribution in [3.05, 3.63) is 23.8 Å². The Balaban J connectivity index is 3.06. The minimum Gasteiger partial charge on any atom is -0.494 e. The van der Waals surface area contributed by atoms with E-state index in [0.29, 0.717) is 24.5 Å². The van der Waals surface area contributed by atoms with Crippen LogP contribution in [-0.2, 0) is 21.4 Å². The molecular weight excluding hydrogens is 282 g/mol. The van der Waals surface area contributed by atoms with E-state index < -0.39 is 10.0 Å². The van der Waals surface area contributed by atoms with E-state index in [1.807, 2.05) is 6.92 Å². The Labute approximate surface area is 120 Å². The number of aliphatic hydroxyl groups is 1. The summed E-state index contributed by atoms with van der Waals surface area (Å²) in [5.41, 5.74) is 0.452. The number of hydrogen-bond donors (Lipinski definition) is 1. The summed E-state index contributed by atoms with van der Waals surface area (Å²) in [4.78, 5) is 0.128. The zero-order chi connectivity index (χ0) is 15.2. The van der Waals surface area contributed by atoms with Crippen LogP contribution in [0, 0.1) is 0 Å². The van der Waals surface area contributed by atoms with Crippen molar-refractivity contribution in [1.29, 1.82) is 0 Å². The van der Waals surface area contributed by atoms with E-state index >= 15 is 0 Å². The first-order valence-electron chi connectivity index (χ1n) is 6.29. The lowest BCUT2D eigenvalue weighted by Gasteiger charge is -2.18. The largest absolute Gasteiger partial charge is 0.494 e. The number of ether oxygens (including phenoxy) is 2. The number of methoxy groups -OCH3 is 1. The smallest absolute Gasteiger partial charge is 0.242 e. The number of hydrogen-bond acceptors (Lipinski definition) is 5. The third-order valence-corrected chi connectivity index (χ3v) is 4.67. The fourth-order valence-corrected chi connectivity index (χ4v) is 2.86. The molecule has 1 aromatic carbocycles. The van der Waals surface area contributed by atoms with Crippen LogP contribution in [0.25, 0.3) is 0 Å². The number of likely N-dealkylation sites (N-methyl/N-ethyl adjacent to an activating group) is 1. The van der Waals surface area contributed by atoms with Gasteiger partial charge in [-0.05, 0) is 25.1 Å². The second kappa shape index (κ2) is 7.58. The van der Waals surface area contributed by atoms with Crippen molar-refractivity contribution in [2.75, 3.05) is 33.9 Å². The van der Waals surface area contributed by atoms with E-state index in [1.54, 1.807) is 6.07 Å². The average molecular weight is 303 g/mol. The van der Waals surface area contributed by atoms with Gasteiger partial charge in [0.25, 0.3) is 0 Å². The van der Waals surface area contributed by atoms with Gasteiger partial charge in [-0.15, -0.1) is 0 Å². The molecule has 0 spiro atoms. The number of nitrogens with zero attached hydrogens (tertiary/aromatic N) is 1. The Morgan fingerprint density at radius 2 is 2.05 bits per heavy atom. The molecule has 0 bridgehead atoms. The molecule has 1 N–H and O–H groups in total. The van der Waals surface area contributed by atoms with Gasteiger partial charge in [-0.1, -0.05) is 0 Å². The molecule has 0 heterocycles. The van der Waals surface area contributed by atoms with Gasteiger partial charge in [-0.25, -0.2) is 8.42 Å². The van der Waals surface area contributed by atoms with E-state index in [1.165, 1.54) is 30.6 Å². The first-order valence-corrected chi connectivity index (χ1v) is 7.73. The predicted octanol–water partition coefficient (Wildman–Crippen LogP) is 0.845. The number of aliphatic hydroxyl groups excluding tert-OH is 1. The van der Waals surface area contributed by atoms with Crippen LogP contribution in [0.15, 0.2) is 23.1 Å². The molecule has 114 valence electrons. The van der Waals surface area contributed by atoms with Crippen molar-refractivity contribution in [3.8, 4) is 5.75 Å². The second-order valence-electron chi connectivity index (χ2n) is 4.18. The Morgan fingerprint density at radius 3 is 2.60 bits per heavy atom. The highest BCUT2D eigenvalue weighted by Crippen LogP contribution is 2.24. The van der Waals surface area contributed by atoms with Gasteiger partial charge in [-0.2, -0.15) is 4.31 Å². The molecule has 0 fully saturated rings. The lowest BCUT2D eigenvalue weighted by atomic mass is 10.2. The first kappa shape index (κ1) is 16.9. The second-order valence-corrected chi connectivity index (χ2v) is 6.22. The topological polar surface area (TPSA) is 76.1 Å². The molecule has 0 aromatic heterocycles. The normalized spacial score (nSPS) is 11.8. The summed E-state index contributed by atoms with van der Waals surface area (Å²) in [6, 6.07) is 4.47. The minimum atomic E-state index is -3.59. The van der Waals surface area contributed by atoms with Crippen LogP contribution in [0.5, 0.6) is 5.75 Å². The molecule has 0 atom stereocenters. The fraction of sp³-hybridized carbons (Fsp3) is 0.538. The molecule has 0 unspecified atom stereocenters. The van der Waals surface area contributed by atoms with E-state index in [9.17, 15) is 13.5 Å². The molecule has 0 amide bonds. The van der Waals surface area contributed by atoms with Crippen molar-refractivity contribution in [3.63, 3.8) is 0 Å². The molecule has 7 heteroatoms. The number of sulfonamides is 1. The van der Waals surface area contributed by atoms with Gasteiger partial charge >= 0.3 is 0 Å². The average Bonchev–Trinajstić information content (AvgIpc) is 2.45. The predicted molar refractivity (Wildman–Crippen MR) is 75.2 cm³/mol. The highest BCUT2D eigenvalue weighted by atomic mass is 32.2. The molecule has 0 saturated heterocycles. The fourth-order valence-electron chi connectivity index (χ4n) is 1.66. The van der Waals surface area contributed by atoms with Crippen LogP contribution in [0.4, 0.5) is 0 Å². The van der Waals surface area contributed by atoms with Crippen LogP contribution in [-0.4, -0.2) is 51.7 Å². The maximum atomic E-state index is 12.3. The van der Waals surface area contributed by atoms with Crippen LogP contribution >= 0.6 is 0 Å². The molecule has 0 aliphatic rings. The third-order valence-electron chi connectivity index (χ3n) is 2.82. The van der Waals surface area contributed by atoms with Crippen LogP contribution in [0.1, 0.15) is 12.5 Å². The lowest BCUT2D eigenvalue weighted by Crippen LogP contribution is -2.30. The van der Waals surface area contributed by atoms with Crippen molar-refractivity contribution in [2.45, 2.75) is 18.4 Å². The zero-order valence-electron chi connectivity index (χ0n) is 12.0. The molecule has 6 nitrogen and oxygen atoms in total. The van der Waals surface area contributed by atoms with E-state index in [2.05, 4.69) is 0 Å². The first-order chi connectivity index (χ1) is 9.47. The van der Waals surface area contributed by atoms with Crippen LogP contribution in [0.3, 0.4) is 0 Å². The van der Waals surface area contributed by atoms with Crippen molar-refractivity contribution < 1.29 is 23.0 Å². The maximum absolute atomic E-state index is 12.3. The Hall–Kier alpha value is -1.15. The minimum absolute atomic E-state index is 0.128. The summed E-state index contributed by atoms with van der Waals surface area (Å²) in [6.07, 6.45) is 0. The molecular formula is C13H21NO5S. The van der Waals surface area contributed by atoms with Gasteiger partial charge in [0.05, 0.1) is 24.7 Å². The van der Waals surface area contributed by atoms with Crippen molar-refractivity contribution in [1.82, 2.24) is 4.31 Å². The SMILES string of the molecule is CCOc1ccc(S(=O)(=O)N(C)CCOC)cc1CO. The molecule has 0 radical (unpaired) electrons. The molecule has 1 rings (SSSR count).